The third-order valence-electron chi connectivity index (χ3n) is 5.06. The number of primary amides is 1. The Morgan fingerprint density at radius 2 is 2.07 bits per heavy atom. The number of fused-ring (bicyclic) bond motifs is 1. The monoisotopic (exact) mass is 473 g/mol. The number of aromatic nitrogens is 1. The third-order valence-corrected chi connectivity index (χ3v) is 8.23. The molecule has 4 rings (SSSR count). The minimum Gasteiger partial charge on any atom is -0.507 e. The van der Waals surface area contributed by atoms with Gasteiger partial charge in [-0.3, -0.25) is 9.79 Å². The Morgan fingerprint density at radius 3 is 2.76 bits per heavy atom. The smallest absolute Gasteiger partial charge is 0.252 e. The molecule has 1 aromatic heterocycles. The summed E-state index contributed by atoms with van der Waals surface area (Å²) >= 11 is 3.42. The van der Waals surface area contributed by atoms with Crippen LogP contribution >= 0.6 is 26.8 Å². The molecule has 0 radical (unpaired) electrons. The van der Waals surface area contributed by atoms with E-state index in [-0.39, 0.29) is 5.75 Å². The fourth-order valence-electron chi connectivity index (χ4n) is 3.88. The zero-order valence-electron chi connectivity index (χ0n) is 16.4. The van der Waals surface area contributed by atoms with Crippen molar-refractivity contribution in [1.29, 1.82) is 0 Å². The molecule has 2 heterocycles. The summed E-state index contributed by atoms with van der Waals surface area (Å²) in [5, 5.41) is 13.0. The summed E-state index contributed by atoms with van der Waals surface area (Å²) in [7, 11) is -0.764. The van der Waals surface area contributed by atoms with Crippen LogP contribution < -0.4 is 5.73 Å². The quantitative estimate of drug-likeness (QED) is 0.454. The number of para-hydroxylation sites is 1. The van der Waals surface area contributed by atoms with E-state index >= 15 is 0 Å². The van der Waals surface area contributed by atoms with Gasteiger partial charge in [-0.2, -0.15) is 10.9 Å². The number of amides is 1. The first-order chi connectivity index (χ1) is 13.9. The van der Waals surface area contributed by atoms with Crippen LogP contribution in [0.25, 0.3) is 16.6 Å². The Kier molecular flexibility index (Phi) is 5.44. The molecule has 0 fully saturated rings. The molecule has 7 heteroatoms. The highest BCUT2D eigenvalue weighted by Gasteiger charge is 2.30. The number of carbonyl (C=O) groups is 1. The topological polar surface area (TPSA) is 80.6 Å². The molecule has 1 aliphatic rings. The minimum atomic E-state index is -0.764. The average Bonchev–Trinajstić information content (AvgIpc) is 3.25. The predicted octanol–water partition coefficient (Wildman–Crippen LogP) is 5.02. The first-order valence-corrected chi connectivity index (χ1v) is 11.9. The van der Waals surface area contributed by atoms with E-state index in [1.807, 2.05) is 36.4 Å². The van der Waals surface area contributed by atoms with Gasteiger partial charge in [0.25, 0.3) is 5.91 Å². The Bertz CT molecular complexity index is 1140. The second-order valence-corrected chi connectivity index (χ2v) is 10.7. The van der Waals surface area contributed by atoms with Crippen LogP contribution in [0.4, 0.5) is 0 Å². The number of carbonyl (C=O) groups excluding carboxylic acids is 1. The molecular weight excluding hydrogens is 450 g/mol. The molecule has 3 N–H and O–H groups in total. The minimum absolute atomic E-state index is 0.176. The van der Waals surface area contributed by atoms with Crippen molar-refractivity contribution in [2.75, 3.05) is 12.3 Å². The molecule has 0 saturated heterocycles. The van der Waals surface area contributed by atoms with Crippen LogP contribution in [0.1, 0.15) is 30.6 Å². The highest BCUT2D eigenvalue weighted by Crippen LogP contribution is 2.49. The van der Waals surface area contributed by atoms with Gasteiger partial charge < -0.3 is 15.4 Å². The number of phenolic OH excluding ortho intramolecular Hbond substituents is 1. The molecule has 1 atom stereocenters. The number of aromatic hydroxyl groups is 1. The number of hydrogen-bond acceptors (Lipinski definition) is 3. The SMILES string of the molecule is CC(C)CC1=NCC[SH]1c1c(C(N)=O)c2ccccc2n1-c1ccc(O)c(Br)c1. The summed E-state index contributed by atoms with van der Waals surface area (Å²) in [5.74, 6) is 1.18. The molecule has 0 aliphatic carbocycles. The van der Waals surface area contributed by atoms with Crippen molar-refractivity contribution < 1.29 is 9.90 Å². The van der Waals surface area contributed by atoms with Gasteiger partial charge in [0.05, 0.1) is 25.6 Å². The Hall–Kier alpha value is -2.25. The van der Waals surface area contributed by atoms with Crippen molar-refractivity contribution in [2.24, 2.45) is 16.6 Å². The van der Waals surface area contributed by atoms with E-state index in [1.54, 1.807) is 6.07 Å². The number of benzene rings is 2. The second-order valence-electron chi connectivity index (χ2n) is 7.60. The highest BCUT2D eigenvalue weighted by atomic mass is 79.9. The van der Waals surface area contributed by atoms with Crippen LogP contribution in [0.5, 0.6) is 5.75 Å². The lowest BCUT2D eigenvalue weighted by atomic mass is 10.1. The molecule has 1 amide bonds. The van der Waals surface area contributed by atoms with Gasteiger partial charge in [0.1, 0.15) is 5.75 Å². The van der Waals surface area contributed by atoms with Crippen molar-refractivity contribution in [2.45, 2.75) is 25.3 Å². The van der Waals surface area contributed by atoms with Crippen LogP contribution in [0.3, 0.4) is 0 Å². The van der Waals surface area contributed by atoms with E-state index in [0.29, 0.717) is 16.0 Å². The van der Waals surface area contributed by atoms with Crippen LogP contribution in [0, 0.1) is 5.92 Å². The Labute approximate surface area is 181 Å². The van der Waals surface area contributed by atoms with E-state index in [2.05, 4.69) is 34.3 Å². The lowest BCUT2D eigenvalue weighted by molar-refractivity contribution is 0.0999. The second kappa shape index (κ2) is 7.88. The number of rotatable bonds is 5. The average molecular weight is 474 g/mol. The Morgan fingerprint density at radius 1 is 1.31 bits per heavy atom. The largest absolute Gasteiger partial charge is 0.507 e. The number of halogens is 1. The molecule has 1 unspecified atom stereocenters. The first-order valence-electron chi connectivity index (χ1n) is 9.61. The Balaban J connectivity index is 2.04. The van der Waals surface area contributed by atoms with Gasteiger partial charge in [0.2, 0.25) is 0 Å². The first kappa shape index (κ1) is 20.0. The van der Waals surface area contributed by atoms with Gasteiger partial charge in [-0.15, -0.1) is 0 Å². The number of nitrogens with zero attached hydrogens (tertiary/aromatic N) is 2. The van der Waals surface area contributed by atoms with Crippen molar-refractivity contribution in [1.82, 2.24) is 4.57 Å². The summed E-state index contributed by atoms with van der Waals surface area (Å²) in [6, 6.07) is 13.3. The standard InChI is InChI=1S/C22H24BrN3O2S/c1-13(2)11-19-25-9-10-29(19)22-20(21(24)28)15-5-3-4-6-17(15)26(22)14-7-8-18(27)16(23)12-14/h3-8,12-13,27,29H,9-11H2,1-2H3,(H2,24,28). The molecule has 1 aliphatic heterocycles. The van der Waals surface area contributed by atoms with Gasteiger partial charge in [-0.1, -0.05) is 32.0 Å². The number of aliphatic imine (C=N–C) groups is 1. The lowest BCUT2D eigenvalue weighted by Crippen LogP contribution is -2.15. The van der Waals surface area contributed by atoms with Crippen LogP contribution in [-0.4, -0.2) is 32.9 Å². The van der Waals surface area contributed by atoms with Crippen LogP contribution in [0.15, 0.2) is 57.0 Å². The number of nitrogens with two attached hydrogens (primary N) is 1. The number of phenols is 1. The van der Waals surface area contributed by atoms with E-state index in [9.17, 15) is 9.90 Å². The maximum atomic E-state index is 12.6. The summed E-state index contributed by atoms with van der Waals surface area (Å²) in [6.45, 7) is 5.17. The van der Waals surface area contributed by atoms with Gasteiger partial charge in [0, 0.05) is 23.4 Å². The fourth-order valence-corrected chi connectivity index (χ4v) is 7.09. The highest BCUT2D eigenvalue weighted by molar-refractivity contribution is 9.10. The summed E-state index contributed by atoms with van der Waals surface area (Å²) in [4.78, 5) is 17.4. The zero-order valence-corrected chi connectivity index (χ0v) is 18.9. The summed E-state index contributed by atoms with van der Waals surface area (Å²) in [6.07, 6.45) is 0.921. The molecule has 152 valence electrons. The van der Waals surface area contributed by atoms with Crippen LogP contribution in [-0.2, 0) is 0 Å². The van der Waals surface area contributed by atoms with E-state index in [0.717, 1.165) is 40.3 Å². The molecule has 0 saturated carbocycles. The molecule has 3 aromatic rings. The van der Waals surface area contributed by atoms with E-state index < -0.39 is 16.8 Å². The van der Waals surface area contributed by atoms with Gasteiger partial charge in [0.15, 0.2) is 0 Å². The number of thiol groups is 1. The molecule has 2 aromatic carbocycles. The van der Waals surface area contributed by atoms with Crippen molar-refractivity contribution in [3.8, 4) is 11.4 Å². The lowest BCUT2D eigenvalue weighted by Gasteiger charge is -2.23. The maximum absolute atomic E-state index is 12.6. The van der Waals surface area contributed by atoms with Crippen molar-refractivity contribution >= 4 is 48.7 Å². The van der Waals surface area contributed by atoms with Crippen LogP contribution in [0.2, 0.25) is 0 Å². The third kappa shape index (κ3) is 3.57. The number of hydrogen-bond donors (Lipinski definition) is 3. The van der Waals surface area contributed by atoms with E-state index in [4.69, 9.17) is 10.7 Å². The molecular formula is C22H24BrN3O2S. The predicted molar refractivity (Wildman–Crippen MR) is 125 cm³/mol. The zero-order chi connectivity index (χ0) is 20.7. The molecule has 5 nitrogen and oxygen atoms in total. The summed E-state index contributed by atoms with van der Waals surface area (Å²) < 4.78 is 2.74. The summed E-state index contributed by atoms with van der Waals surface area (Å²) in [5.41, 5.74) is 8.32. The van der Waals surface area contributed by atoms with Gasteiger partial charge in [-0.05, 0) is 52.5 Å². The molecule has 0 bridgehead atoms. The maximum Gasteiger partial charge on any atom is 0.252 e. The van der Waals surface area contributed by atoms with E-state index in [1.165, 1.54) is 5.04 Å². The van der Waals surface area contributed by atoms with Crippen molar-refractivity contribution in [3.63, 3.8) is 0 Å². The molecule has 29 heavy (non-hydrogen) atoms. The van der Waals surface area contributed by atoms with Crippen molar-refractivity contribution in [3.05, 3.63) is 52.5 Å². The van der Waals surface area contributed by atoms with Gasteiger partial charge >= 0.3 is 0 Å². The van der Waals surface area contributed by atoms with Gasteiger partial charge in [-0.25, -0.2) is 0 Å². The molecule has 0 spiro atoms. The fraction of sp³-hybridized carbons (Fsp3) is 0.273. The normalized spacial score (nSPS) is 17.8.